The van der Waals surface area contributed by atoms with E-state index in [1.807, 2.05) is 24.3 Å². The summed E-state index contributed by atoms with van der Waals surface area (Å²) in [5.41, 5.74) is 1.42. The van der Waals surface area contributed by atoms with Crippen LogP contribution in [-0.4, -0.2) is 26.7 Å². The van der Waals surface area contributed by atoms with Crippen LogP contribution in [0.5, 0.6) is 5.75 Å². The van der Waals surface area contributed by atoms with Crippen molar-refractivity contribution in [3.05, 3.63) is 65.2 Å². The summed E-state index contributed by atoms with van der Waals surface area (Å²) in [7, 11) is 3.28. The van der Waals surface area contributed by atoms with Crippen LogP contribution in [0.25, 0.3) is 0 Å². The number of ether oxygens (including phenoxy) is 1. The minimum Gasteiger partial charge on any atom is -0.497 e. The van der Waals surface area contributed by atoms with E-state index in [4.69, 9.17) is 4.74 Å². The third kappa shape index (κ3) is 4.94. The molecule has 128 valence electrons. The quantitative estimate of drug-likeness (QED) is 0.631. The summed E-state index contributed by atoms with van der Waals surface area (Å²) >= 11 is 0. The second-order valence-electron chi connectivity index (χ2n) is 5.16. The first-order valence-electron chi connectivity index (χ1n) is 7.64. The molecule has 2 rings (SSSR count). The molecule has 24 heavy (non-hydrogen) atoms. The topological polar surface area (TPSA) is 45.7 Å². The van der Waals surface area contributed by atoms with Gasteiger partial charge in [0.2, 0.25) is 0 Å². The molecule has 0 aliphatic carbocycles. The third-order valence-corrected chi connectivity index (χ3v) is 3.56. The Morgan fingerprint density at radius 2 is 1.83 bits per heavy atom. The van der Waals surface area contributed by atoms with Crippen LogP contribution >= 0.6 is 0 Å². The number of aliphatic imine (C=N–C) groups is 1. The average molecular weight is 333 g/mol. The van der Waals surface area contributed by atoms with Gasteiger partial charge >= 0.3 is 0 Å². The monoisotopic (exact) mass is 333 g/mol. The number of rotatable bonds is 6. The van der Waals surface area contributed by atoms with Crippen molar-refractivity contribution in [3.63, 3.8) is 0 Å². The van der Waals surface area contributed by atoms with Crippen LogP contribution in [0.3, 0.4) is 0 Å². The molecule has 0 saturated heterocycles. The van der Waals surface area contributed by atoms with Gasteiger partial charge in [-0.25, -0.2) is 8.78 Å². The van der Waals surface area contributed by atoms with E-state index < -0.39 is 11.6 Å². The molecule has 0 spiro atoms. The summed E-state index contributed by atoms with van der Waals surface area (Å²) in [6.07, 6.45) is 0.368. The van der Waals surface area contributed by atoms with Gasteiger partial charge < -0.3 is 15.4 Å². The largest absolute Gasteiger partial charge is 0.497 e. The summed E-state index contributed by atoms with van der Waals surface area (Å²) < 4.78 is 31.8. The molecule has 2 aromatic carbocycles. The zero-order chi connectivity index (χ0) is 17.4. The fraction of sp³-hybridized carbons (Fsp3) is 0.278. The van der Waals surface area contributed by atoms with Crippen molar-refractivity contribution >= 4 is 5.96 Å². The molecule has 0 aromatic heterocycles. The fourth-order valence-corrected chi connectivity index (χ4v) is 2.21. The van der Waals surface area contributed by atoms with Crippen molar-refractivity contribution in [1.82, 2.24) is 10.6 Å². The molecule has 4 nitrogen and oxygen atoms in total. The highest BCUT2D eigenvalue weighted by Crippen LogP contribution is 2.12. The highest BCUT2D eigenvalue weighted by atomic mass is 19.2. The van der Waals surface area contributed by atoms with E-state index >= 15 is 0 Å². The molecular formula is C18H21F2N3O. The lowest BCUT2D eigenvalue weighted by Crippen LogP contribution is -2.37. The van der Waals surface area contributed by atoms with Gasteiger partial charge in [-0.2, -0.15) is 0 Å². The lowest BCUT2D eigenvalue weighted by atomic mass is 10.1. The minimum absolute atomic E-state index is 0.341. The molecule has 2 aromatic rings. The molecule has 0 aliphatic rings. The number of benzene rings is 2. The Bertz CT molecular complexity index is 687. The van der Waals surface area contributed by atoms with E-state index in [1.165, 1.54) is 6.07 Å². The molecular weight excluding hydrogens is 312 g/mol. The summed E-state index contributed by atoms with van der Waals surface area (Å²) in [5, 5.41) is 6.25. The SMILES string of the molecule is CN=C(NCCc1cccc(F)c1F)NCc1ccc(OC)cc1. The number of halogens is 2. The normalized spacial score (nSPS) is 11.2. The molecule has 0 unspecified atom stereocenters. The van der Waals surface area contributed by atoms with Crippen LogP contribution in [-0.2, 0) is 13.0 Å². The van der Waals surface area contributed by atoms with E-state index in [0.29, 0.717) is 31.0 Å². The minimum atomic E-state index is -0.825. The standard InChI is InChI=1S/C18H21F2N3O/c1-21-18(23-12-13-6-8-15(24-2)9-7-13)22-11-10-14-4-3-5-16(19)17(14)20/h3-9H,10-12H2,1-2H3,(H2,21,22,23). The molecule has 0 radical (unpaired) electrons. The first kappa shape index (κ1) is 17.7. The predicted molar refractivity (Wildman–Crippen MR) is 91.3 cm³/mol. The molecule has 6 heteroatoms. The lowest BCUT2D eigenvalue weighted by molar-refractivity contribution is 0.414. The molecule has 0 saturated carbocycles. The van der Waals surface area contributed by atoms with E-state index in [0.717, 1.165) is 17.4 Å². The smallest absolute Gasteiger partial charge is 0.191 e. The fourth-order valence-electron chi connectivity index (χ4n) is 2.21. The summed E-state index contributed by atoms with van der Waals surface area (Å²) in [5.74, 6) is -0.212. The number of methoxy groups -OCH3 is 1. The number of nitrogens with one attached hydrogen (secondary N) is 2. The maximum absolute atomic E-state index is 13.6. The van der Waals surface area contributed by atoms with E-state index in [-0.39, 0.29) is 0 Å². The molecule has 0 atom stereocenters. The summed E-state index contributed by atoms with van der Waals surface area (Å²) in [6, 6.07) is 11.9. The number of hydrogen-bond acceptors (Lipinski definition) is 2. The van der Waals surface area contributed by atoms with Crippen molar-refractivity contribution in [3.8, 4) is 5.75 Å². The van der Waals surface area contributed by atoms with Crippen molar-refractivity contribution in [2.45, 2.75) is 13.0 Å². The van der Waals surface area contributed by atoms with E-state index in [9.17, 15) is 8.78 Å². The average Bonchev–Trinajstić information content (AvgIpc) is 2.62. The van der Waals surface area contributed by atoms with Gasteiger partial charge in [-0.15, -0.1) is 0 Å². The van der Waals surface area contributed by atoms with Gasteiger partial charge in [0.1, 0.15) is 5.75 Å². The van der Waals surface area contributed by atoms with Gasteiger partial charge in [0, 0.05) is 20.1 Å². The highest BCUT2D eigenvalue weighted by Gasteiger charge is 2.07. The van der Waals surface area contributed by atoms with Crippen LogP contribution in [0.2, 0.25) is 0 Å². The first-order valence-corrected chi connectivity index (χ1v) is 7.64. The summed E-state index contributed by atoms with van der Waals surface area (Å²) in [4.78, 5) is 4.11. The molecule has 0 bridgehead atoms. The zero-order valence-corrected chi connectivity index (χ0v) is 13.8. The molecule has 0 aliphatic heterocycles. The Kier molecular flexibility index (Phi) is 6.54. The van der Waals surface area contributed by atoms with Crippen LogP contribution in [0, 0.1) is 11.6 Å². The first-order chi connectivity index (χ1) is 11.6. The Morgan fingerprint density at radius 3 is 2.50 bits per heavy atom. The maximum Gasteiger partial charge on any atom is 0.191 e. The second-order valence-corrected chi connectivity index (χ2v) is 5.16. The van der Waals surface area contributed by atoms with Gasteiger partial charge in [-0.05, 0) is 35.7 Å². The van der Waals surface area contributed by atoms with Gasteiger partial charge in [0.25, 0.3) is 0 Å². The predicted octanol–water partition coefficient (Wildman–Crippen LogP) is 2.88. The van der Waals surface area contributed by atoms with Gasteiger partial charge in [-0.1, -0.05) is 24.3 Å². The third-order valence-electron chi connectivity index (χ3n) is 3.56. The van der Waals surface area contributed by atoms with Crippen LogP contribution in [0.15, 0.2) is 47.5 Å². The Balaban J connectivity index is 1.80. The van der Waals surface area contributed by atoms with Crippen LogP contribution < -0.4 is 15.4 Å². The van der Waals surface area contributed by atoms with E-state index in [2.05, 4.69) is 15.6 Å². The van der Waals surface area contributed by atoms with Crippen molar-refractivity contribution < 1.29 is 13.5 Å². The molecule has 0 heterocycles. The molecule has 0 amide bonds. The second kappa shape index (κ2) is 8.86. The van der Waals surface area contributed by atoms with Gasteiger partial charge in [-0.3, -0.25) is 4.99 Å². The highest BCUT2D eigenvalue weighted by molar-refractivity contribution is 5.79. The maximum atomic E-state index is 13.6. The number of hydrogen-bond donors (Lipinski definition) is 2. The van der Waals surface area contributed by atoms with Gasteiger partial charge in [0.05, 0.1) is 7.11 Å². The van der Waals surface area contributed by atoms with E-state index in [1.54, 1.807) is 20.2 Å². The van der Waals surface area contributed by atoms with Crippen molar-refractivity contribution in [1.29, 1.82) is 0 Å². The summed E-state index contributed by atoms with van der Waals surface area (Å²) in [6.45, 7) is 1.04. The Morgan fingerprint density at radius 1 is 1.08 bits per heavy atom. The molecule has 2 N–H and O–H groups in total. The van der Waals surface area contributed by atoms with Crippen LogP contribution in [0.4, 0.5) is 8.78 Å². The van der Waals surface area contributed by atoms with Gasteiger partial charge in [0.15, 0.2) is 17.6 Å². The Labute approximate surface area is 140 Å². The molecule has 0 fully saturated rings. The Hall–Kier alpha value is -2.63. The van der Waals surface area contributed by atoms with Crippen molar-refractivity contribution in [2.75, 3.05) is 20.7 Å². The lowest BCUT2D eigenvalue weighted by Gasteiger charge is -2.12. The number of nitrogens with zero attached hydrogens (tertiary/aromatic N) is 1. The van der Waals surface area contributed by atoms with Crippen molar-refractivity contribution in [2.24, 2.45) is 4.99 Å². The zero-order valence-electron chi connectivity index (χ0n) is 13.8. The van der Waals surface area contributed by atoms with Crippen LogP contribution in [0.1, 0.15) is 11.1 Å². The number of guanidine groups is 1.